The fourth-order valence-corrected chi connectivity index (χ4v) is 1.75. The maximum absolute atomic E-state index is 9.33. The average Bonchev–Trinajstić information content (AvgIpc) is 2.28. The Balaban J connectivity index is 0. The van der Waals surface area contributed by atoms with Crippen molar-refractivity contribution in [2.24, 2.45) is 0 Å². The Bertz CT molecular complexity index is 176. The van der Waals surface area contributed by atoms with Gasteiger partial charge in [-0.25, -0.2) is 0 Å². The molecule has 0 aromatic heterocycles. The van der Waals surface area contributed by atoms with Crippen LogP contribution in [0.3, 0.4) is 0 Å². The van der Waals surface area contributed by atoms with Crippen molar-refractivity contribution in [3.8, 4) is 0 Å². The van der Waals surface area contributed by atoms with Crippen LogP contribution in [0.4, 0.5) is 0 Å². The summed E-state index contributed by atoms with van der Waals surface area (Å²) >= 11 is 0. The zero-order chi connectivity index (χ0) is 16.0. The number of hydrogen-bond acceptors (Lipinski definition) is 7. The third kappa shape index (κ3) is 15.8. The molecule has 20 heavy (non-hydrogen) atoms. The van der Waals surface area contributed by atoms with Gasteiger partial charge in [-0.15, -0.1) is 0 Å². The van der Waals surface area contributed by atoms with Gasteiger partial charge in [0.25, 0.3) is 0 Å². The van der Waals surface area contributed by atoms with Gasteiger partial charge in [-0.2, -0.15) is 0 Å². The SMILES string of the molecule is CC(O)CN(CCO)CN(CCO)CC(C)O.CNC. The van der Waals surface area contributed by atoms with Crippen LogP contribution >= 0.6 is 0 Å². The van der Waals surface area contributed by atoms with E-state index < -0.39 is 12.2 Å². The molecule has 0 saturated heterocycles. The Morgan fingerprint density at radius 3 is 1.35 bits per heavy atom. The summed E-state index contributed by atoms with van der Waals surface area (Å²) in [5.74, 6) is 0. The van der Waals surface area contributed by atoms with E-state index in [1.54, 1.807) is 13.8 Å². The van der Waals surface area contributed by atoms with Crippen LogP contribution in [0.2, 0.25) is 0 Å². The van der Waals surface area contributed by atoms with E-state index in [1.807, 2.05) is 23.9 Å². The van der Waals surface area contributed by atoms with Crippen LogP contribution in [0.25, 0.3) is 0 Å². The largest absolute Gasteiger partial charge is 0.395 e. The van der Waals surface area contributed by atoms with Crippen LogP contribution in [0.5, 0.6) is 0 Å². The van der Waals surface area contributed by atoms with Gasteiger partial charge in [0.1, 0.15) is 0 Å². The molecule has 0 aromatic carbocycles. The third-order valence-corrected chi connectivity index (χ3v) is 2.28. The van der Waals surface area contributed by atoms with Gasteiger partial charge in [0.2, 0.25) is 0 Å². The Morgan fingerprint density at radius 1 is 0.850 bits per heavy atom. The highest BCUT2D eigenvalue weighted by atomic mass is 16.3. The molecule has 0 aliphatic rings. The first-order valence-electron chi connectivity index (χ1n) is 7.02. The first-order chi connectivity index (χ1) is 9.40. The van der Waals surface area contributed by atoms with Crippen molar-refractivity contribution >= 4 is 0 Å². The summed E-state index contributed by atoms with van der Waals surface area (Å²) in [7, 11) is 3.75. The summed E-state index contributed by atoms with van der Waals surface area (Å²) in [5, 5.41) is 39.3. The maximum atomic E-state index is 9.33. The van der Waals surface area contributed by atoms with Crippen molar-refractivity contribution in [1.82, 2.24) is 15.1 Å². The first-order valence-corrected chi connectivity index (χ1v) is 7.02. The average molecular weight is 295 g/mol. The number of aliphatic hydroxyl groups is 4. The molecule has 0 spiro atoms. The lowest BCUT2D eigenvalue weighted by atomic mass is 10.3. The van der Waals surface area contributed by atoms with E-state index >= 15 is 0 Å². The molecule has 0 aliphatic heterocycles. The molecular formula is C13H33N3O4. The zero-order valence-electron chi connectivity index (χ0n) is 13.3. The number of nitrogens with one attached hydrogen (secondary N) is 1. The molecule has 0 heterocycles. The van der Waals surface area contributed by atoms with Gasteiger partial charge in [0, 0.05) is 26.2 Å². The fraction of sp³-hybridized carbons (Fsp3) is 1.00. The van der Waals surface area contributed by atoms with E-state index in [2.05, 4.69) is 5.32 Å². The van der Waals surface area contributed by atoms with Gasteiger partial charge in [-0.1, -0.05) is 0 Å². The van der Waals surface area contributed by atoms with E-state index in [9.17, 15) is 10.2 Å². The zero-order valence-corrected chi connectivity index (χ0v) is 13.3. The van der Waals surface area contributed by atoms with Crippen LogP contribution in [0.1, 0.15) is 13.8 Å². The molecule has 7 heteroatoms. The highest BCUT2D eigenvalue weighted by molar-refractivity contribution is 4.65. The van der Waals surface area contributed by atoms with Crippen molar-refractivity contribution in [2.75, 3.05) is 60.2 Å². The van der Waals surface area contributed by atoms with Gasteiger partial charge in [-0.3, -0.25) is 9.80 Å². The summed E-state index contributed by atoms with van der Waals surface area (Å²) in [6.45, 7) is 5.79. The van der Waals surface area contributed by atoms with Crippen molar-refractivity contribution < 1.29 is 20.4 Å². The number of rotatable bonds is 10. The second-order valence-corrected chi connectivity index (χ2v) is 4.94. The molecule has 5 N–H and O–H groups in total. The van der Waals surface area contributed by atoms with Crippen molar-refractivity contribution in [3.05, 3.63) is 0 Å². The Hall–Kier alpha value is -0.280. The smallest absolute Gasteiger partial charge is 0.0639 e. The molecule has 0 rings (SSSR count). The van der Waals surface area contributed by atoms with Crippen LogP contribution in [0, 0.1) is 0 Å². The van der Waals surface area contributed by atoms with E-state index in [-0.39, 0.29) is 13.2 Å². The Kier molecular flexibility index (Phi) is 16.6. The van der Waals surface area contributed by atoms with Gasteiger partial charge < -0.3 is 25.7 Å². The summed E-state index contributed by atoms with van der Waals surface area (Å²) in [6.07, 6.45) is -0.937. The number of hydrogen-bond donors (Lipinski definition) is 5. The quantitative estimate of drug-likeness (QED) is 0.301. The third-order valence-electron chi connectivity index (χ3n) is 2.28. The van der Waals surface area contributed by atoms with Crippen LogP contribution in [-0.4, -0.2) is 103 Å². The minimum absolute atomic E-state index is 0.0222. The Labute approximate surface area is 122 Å². The second-order valence-electron chi connectivity index (χ2n) is 4.94. The molecule has 0 fully saturated rings. The topological polar surface area (TPSA) is 99.4 Å². The van der Waals surface area contributed by atoms with E-state index in [0.717, 1.165) is 0 Å². The van der Waals surface area contributed by atoms with E-state index in [0.29, 0.717) is 32.8 Å². The first kappa shape index (κ1) is 22.0. The summed E-state index contributed by atoms with van der Waals surface area (Å²) in [5.41, 5.74) is 0. The highest BCUT2D eigenvalue weighted by Gasteiger charge is 2.14. The normalized spacial score (nSPS) is 14.1. The summed E-state index contributed by atoms with van der Waals surface area (Å²) in [4.78, 5) is 3.78. The van der Waals surface area contributed by atoms with Crippen LogP contribution in [0.15, 0.2) is 0 Å². The van der Waals surface area contributed by atoms with Gasteiger partial charge in [-0.05, 0) is 27.9 Å². The number of aliphatic hydroxyl groups excluding tert-OH is 4. The maximum Gasteiger partial charge on any atom is 0.0639 e. The molecule has 124 valence electrons. The monoisotopic (exact) mass is 295 g/mol. The van der Waals surface area contributed by atoms with E-state index in [4.69, 9.17) is 10.2 Å². The minimum Gasteiger partial charge on any atom is -0.395 e. The lowest BCUT2D eigenvalue weighted by Gasteiger charge is -2.31. The molecule has 2 unspecified atom stereocenters. The molecule has 0 aliphatic carbocycles. The molecule has 0 amide bonds. The molecular weight excluding hydrogens is 262 g/mol. The molecule has 2 atom stereocenters. The lowest BCUT2D eigenvalue weighted by Crippen LogP contribution is -2.45. The molecule has 0 aromatic rings. The molecule has 0 radical (unpaired) electrons. The molecule has 0 bridgehead atoms. The van der Waals surface area contributed by atoms with Gasteiger partial charge in [0.05, 0.1) is 32.1 Å². The molecule has 0 saturated carbocycles. The lowest BCUT2D eigenvalue weighted by molar-refractivity contribution is 0.0367. The van der Waals surface area contributed by atoms with E-state index in [1.165, 1.54) is 0 Å². The van der Waals surface area contributed by atoms with Crippen LogP contribution in [-0.2, 0) is 0 Å². The summed E-state index contributed by atoms with van der Waals surface area (Å²) in [6, 6.07) is 0. The highest BCUT2D eigenvalue weighted by Crippen LogP contribution is 1.98. The summed E-state index contributed by atoms with van der Waals surface area (Å²) < 4.78 is 0. The number of nitrogens with zero attached hydrogens (tertiary/aromatic N) is 2. The van der Waals surface area contributed by atoms with Crippen molar-refractivity contribution in [1.29, 1.82) is 0 Å². The van der Waals surface area contributed by atoms with Crippen LogP contribution < -0.4 is 5.32 Å². The predicted octanol–water partition coefficient (Wildman–Crippen LogP) is -1.87. The molecule has 7 nitrogen and oxygen atoms in total. The van der Waals surface area contributed by atoms with Crippen molar-refractivity contribution in [2.45, 2.75) is 26.1 Å². The van der Waals surface area contributed by atoms with Gasteiger partial charge in [0.15, 0.2) is 0 Å². The van der Waals surface area contributed by atoms with Gasteiger partial charge >= 0.3 is 0 Å². The standard InChI is InChI=1S/C11H26N2O4.C2H7N/c1-10(16)7-12(3-5-14)9-13(4-6-15)8-11(2)17;1-3-2/h10-11,14-17H,3-9H2,1-2H3;3H,1-2H3. The fourth-order valence-electron chi connectivity index (χ4n) is 1.75. The predicted molar refractivity (Wildman–Crippen MR) is 80.5 cm³/mol. The van der Waals surface area contributed by atoms with Crippen molar-refractivity contribution in [3.63, 3.8) is 0 Å². The Morgan fingerprint density at radius 2 is 1.15 bits per heavy atom. The second kappa shape index (κ2) is 15.1. The minimum atomic E-state index is -0.468.